The van der Waals surface area contributed by atoms with Gasteiger partial charge < -0.3 is 15.4 Å². The van der Waals surface area contributed by atoms with E-state index >= 15 is 0 Å². The number of hydrogen-bond acceptors (Lipinski definition) is 4. The number of methoxy groups -OCH3 is 1. The van der Waals surface area contributed by atoms with Gasteiger partial charge in [0.05, 0.1) is 7.11 Å². The fourth-order valence-corrected chi connectivity index (χ4v) is 3.85. The van der Waals surface area contributed by atoms with Gasteiger partial charge >= 0.3 is 6.09 Å². The lowest BCUT2D eigenvalue weighted by atomic mass is 9.97. The van der Waals surface area contributed by atoms with Gasteiger partial charge in [0.2, 0.25) is 0 Å². The zero-order chi connectivity index (χ0) is 22.1. The van der Waals surface area contributed by atoms with Crippen LogP contribution in [0.1, 0.15) is 30.9 Å². The Morgan fingerprint density at radius 2 is 1.87 bits per heavy atom. The number of likely N-dealkylation sites (tertiary alicyclic amines) is 1. The van der Waals surface area contributed by atoms with E-state index in [1.54, 1.807) is 7.05 Å². The second-order valence-corrected chi connectivity index (χ2v) is 7.91. The van der Waals surface area contributed by atoms with Gasteiger partial charge in [0.25, 0.3) is 0 Å². The fraction of sp³-hybridized carbons (Fsp3) is 0.417. The van der Waals surface area contributed by atoms with E-state index in [0.29, 0.717) is 24.3 Å². The van der Waals surface area contributed by atoms with E-state index < -0.39 is 6.09 Å². The lowest BCUT2D eigenvalue weighted by Gasteiger charge is -2.38. The summed E-state index contributed by atoms with van der Waals surface area (Å²) in [5.74, 6) is 0.811. The number of piperidine rings is 1. The predicted octanol–water partition coefficient (Wildman–Crippen LogP) is 3.58. The number of carbonyl (C=O) groups is 1. The Bertz CT molecular complexity index is 854. The van der Waals surface area contributed by atoms with Crippen molar-refractivity contribution in [3.8, 4) is 0 Å². The third kappa shape index (κ3) is 7.00. The van der Waals surface area contributed by atoms with E-state index in [9.17, 15) is 4.79 Å². The molecular formula is C24H33N5O2. The minimum Gasteiger partial charge on any atom is -0.453 e. The highest BCUT2D eigenvalue weighted by atomic mass is 16.5. The number of benzene rings is 2. The van der Waals surface area contributed by atoms with Crippen molar-refractivity contribution < 1.29 is 9.53 Å². The SMILES string of the molecule is CN=C(NCc1ccc(NC(=O)OC)cc1)NC1CCN(Cc2ccccc2)C(C)C1. The molecule has 2 unspecified atom stereocenters. The van der Waals surface area contributed by atoms with Crippen molar-refractivity contribution in [2.45, 2.75) is 44.9 Å². The standard InChI is InChI=1S/C24H33N5O2/c1-18-15-22(13-14-29(18)17-20-7-5-4-6-8-20)27-23(25-2)26-16-19-9-11-21(12-10-19)28-24(30)31-3/h4-12,18,22H,13-17H2,1-3H3,(H,28,30)(H2,25,26,27). The van der Waals surface area contributed by atoms with E-state index in [4.69, 9.17) is 0 Å². The van der Waals surface area contributed by atoms with Crippen LogP contribution in [-0.2, 0) is 17.8 Å². The van der Waals surface area contributed by atoms with Gasteiger partial charge in [-0.1, -0.05) is 42.5 Å². The van der Waals surface area contributed by atoms with Crippen molar-refractivity contribution in [3.05, 3.63) is 65.7 Å². The van der Waals surface area contributed by atoms with Gasteiger partial charge in [-0.05, 0) is 43.0 Å². The summed E-state index contributed by atoms with van der Waals surface area (Å²) in [6.07, 6.45) is 1.70. The Morgan fingerprint density at radius 3 is 2.52 bits per heavy atom. The van der Waals surface area contributed by atoms with Gasteiger partial charge in [-0.3, -0.25) is 15.2 Å². The van der Waals surface area contributed by atoms with Crippen molar-refractivity contribution in [2.75, 3.05) is 26.0 Å². The van der Waals surface area contributed by atoms with Crippen LogP contribution in [0.25, 0.3) is 0 Å². The summed E-state index contributed by atoms with van der Waals surface area (Å²) in [7, 11) is 3.15. The third-order valence-corrected chi connectivity index (χ3v) is 5.65. The van der Waals surface area contributed by atoms with Crippen LogP contribution < -0.4 is 16.0 Å². The molecule has 166 valence electrons. The molecule has 1 aliphatic rings. The summed E-state index contributed by atoms with van der Waals surface area (Å²) in [5.41, 5.74) is 3.17. The average molecular weight is 424 g/mol. The summed E-state index contributed by atoms with van der Waals surface area (Å²) >= 11 is 0. The van der Waals surface area contributed by atoms with Crippen LogP contribution in [0.15, 0.2) is 59.6 Å². The first kappa shape index (κ1) is 22.6. The highest BCUT2D eigenvalue weighted by Crippen LogP contribution is 2.20. The van der Waals surface area contributed by atoms with Crippen molar-refractivity contribution >= 4 is 17.7 Å². The number of nitrogens with zero attached hydrogens (tertiary/aromatic N) is 2. The van der Waals surface area contributed by atoms with E-state index in [0.717, 1.165) is 37.5 Å². The highest BCUT2D eigenvalue weighted by Gasteiger charge is 2.25. The minimum absolute atomic E-state index is 0.403. The predicted molar refractivity (Wildman–Crippen MR) is 125 cm³/mol. The number of hydrogen-bond donors (Lipinski definition) is 3. The van der Waals surface area contributed by atoms with Crippen LogP contribution in [0.3, 0.4) is 0 Å². The quantitative estimate of drug-likeness (QED) is 0.489. The molecule has 0 bridgehead atoms. The smallest absolute Gasteiger partial charge is 0.411 e. The first-order valence-electron chi connectivity index (χ1n) is 10.8. The lowest BCUT2D eigenvalue weighted by molar-refractivity contribution is 0.134. The Morgan fingerprint density at radius 1 is 1.13 bits per heavy atom. The van der Waals surface area contributed by atoms with Crippen molar-refractivity contribution in [2.24, 2.45) is 4.99 Å². The van der Waals surface area contributed by atoms with Gasteiger partial charge in [-0.2, -0.15) is 0 Å². The molecule has 1 saturated heterocycles. The second-order valence-electron chi connectivity index (χ2n) is 7.91. The van der Waals surface area contributed by atoms with Crippen molar-refractivity contribution in [3.63, 3.8) is 0 Å². The van der Waals surface area contributed by atoms with Crippen molar-refractivity contribution in [1.29, 1.82) is 0 Å². The van der Waals surface area contributed by atoms with Crippen LogP contribution in [-0.4, -0.2) is 49.7 Å². The molecule has 0 aliphatic carbocycles. The monoisotopic (exact) mass is 423 g/mol. The van der Waals surface area contributed by atoms with E-state index in [1.807, 2.05) is 24.3 Å². The first-order valence-corrected chi connectivity index (χ1v) is 10.8. The number of nitrogens with one attached hydrogen (secondary N) is 3. The summed E-state index contributed by atoms with van der Waals surface area (Å²) < 4.78 is 4.60. The number of guanidine groups is 1. The molecule has 7 nitrogen and oxygen atoms in total. The van der Waals surface area contributed by atoms with E-state index in [2.05, 4.69) is 67.8 Å². The normalized spacial score (nSPS) is 19.5. The first-order chi connectivity index (χ1) is 15.1. The maximum Gasteiger partial charge on any atom is 0.411 e. The Hall–Kier alpha value is -3.06. The molecule has 1 fully saturated rings. The molecule has 1 heterocycles. The molecule has 0 spiro atoms. The number of amides is 1. The topological polar surface area (TPSA) is 78.0 Å². The van der Waals surface area contributed by atoms with Crippen LogP contribution in [0.4, 0.5) is 10.5 Å². The Kier molecular flexibility index (Phi) is 8.29. The Balaban J connectivity index is 1.44. The molecular weight excluding hydrogens is 390 g/mol. The molecule has 0 aromatic heterocycles. The number of rotatable bonds is 6. The molecule has 1 amide bonds. The lowest BCUT2D eigenvalue weighted by Crippen LogP contribution is -2.51. The van der Waals surface area contributed by atoms with Crippen LogP contribution in [0.2, 0.25) is 0 Å². The van der Waals surface area contributed by atoms with Crippen LogP contribution in [0.5, 0.6) is 0 Å². The molecule has 1 aliphatic heterocycles. The summed E-state index contributed by atoms with van der Waals surface area (Å²) in [4.78, 5) is 18.2. The minimum atomic E-state index is -0.473. The summed E-state index contributed by atoms with van der Waals surface area (Å²) in [5, 5.41) is 9.61. The van der Waals surface area contributed by atoms with Crippen molar-refractivity contribution in [1.82, 2.24) is 15.5 Å². The molecule has 3 N–H and O–H groups in total. The summed E-state index contributed by atoms with van der Waals surface area (Å²) in [6, 6.07) is 19.2. The number of anilines is 1. The molecule has 2 aromatic carbocycles. The average Bonchev–Trinajstić information content (AvgIpc) is 2.80. The number of carbonyl (C=O) groups excluding carboxylic acids is 1. The zero-order valence-corrected chi connectivity index (χ0v) is 18.6. The zero-order valence-electron chi connectivity index (χ0n) is 18.6. The number of aliphatic imine (C=N–C) groups is 1. The van der Waals surface area contributed by atoms with Gasteiger partial charge in [0.15, 0.2) is 5.96 Å². The van der Waals surface area contributed by atoms with Gasteiger partial charge in [0, 0.05) is 44.5 Å². The van der Waals surface area contributed by atoms with Gasteiger partial charge in [-0.15, -0.1) is 0 Å². The van der Waals surface area contributed by atoms with E-state index in [1.165, 1.54) is 12.7 Å². The summed E-state index contributed by atoms with van der Waals surface area (Å²) in [6.45, 7) is 5.03. The fourth-order valence-electron chi connectivity index (χ4n) is 3.85. The van der Waals surface area contributed by atoms with Crippen LogP contribution in [0, 0.1) is 0 Å². The molecule has 2 atom stereocenters. The van der Waals surface area contributed by atoms with E-state index in [-0.39, 0.29) is 0 Å². The maximum atomic E-state index is 11.3. The molecule has 31 heavy (non-hydrogen) atoms. The second kappa shape index (κ2) is 11.4. The van der Waals surface area contributed by atoms with Crippen LogP contribution >= 0.6 is 0 Å². The molecule has 7 heteroatoms. The third-order valence-electron chi connectivity index (χ3n) is 5.65. The highest BCUT2D eigenvalue weighted by molar-refractivity contribution is 5.84. The van der Waals surface area contributed by atoms with Gasteiger partial charge in [-0.25, -0.2) is 4.79 Å². The Labute approximate surface area is 184 Å². The largest absolute Gasteiger partial charge is 0.453 e. The molecule has 0 radical (unpaired) electrons. The molecule has 0 saturated carbocycles. The van der Waals surface area contributed by atoms with Gasteiger partial charge in [0.1, 0.15) is 0 Å². The maximum absolute atomic E-state index is 11.3. The molecule has 3 rings (SSSR count). The number of ether oxygens (including phenoxy) is 1. The molecule has 2 aromatic rings.